The second kappa shape index (κ2) is 10.9. The van der Waals surface area contributed by atoms with Gasteiger partial charge in [0.2, 0.25) is 5.91 Å². The molecule has 0 aliphatic carbocycles. The van der Waals surface area contributed by atoms with Crippen LogP contribution >= 0.6 is 0 Å². The van der Waals surface area contributed by atoms with E-state index >= 15 is 0 Å². The molecule has 6 N–H and O–H groups in total. The van der Waals surface area contributed by atoms with Crippen LogP contribution in [0.15, 0.2) is 24.3 Å². The van der Waals surface area contributed by atoms with E-state index in [-0.39, 0.29) is 37.0 Å². The van der Waals surface area contributed by atoms with Crippen molar-refractivity contribution in [3.8, 4) is 0 Å². The number of nitrogens with two attached hydrogens (primary N) is 2. The maximum atomic E-state index is 12.7. The molecule has 27 heavy (non-hydrogen) atoms. The molecular formula is C20H31N3O4. The standard InChI is InChI=1S/C20H31N3O4/c1-12(2)19(26)17(8-9-21)23-20(27)16(13(3)24)10-18(25)15-7-5-4-6-14(15)11-22/h4-7,12-13,16-17,24H,8-11,21-22H2,1-3H3,(H,23,27)/t13?,16-,17-/m0/s1. The summed E-state index contributed by atoms with van der Waals surface area (Å²) in [4.78, 5) is 37.6. The summed E-state index contributed by atoms with van der Waals surface area (Å²) in [7, 11) is 0. The number of rotatable bonds is 11. The largest absolute Gasteiger partial charge is 0.393 e. The Morgan fingerprint density at radius 3 is 2.26 bits per heavy atom. The van der Waals surface area contributed by atoms with Crippen molar-refractivity contribution >= 4 is 17.5 Å². The summed E-state index contributed by atoms with van der Waals surface area (Å²) in [6.45, 7) is 5.39. The van der Waals surface area contributed by atoms with Crippen molar-refractivity contribution in [2.45, 2.75) is 52.3 Å². The molecule has 1 rings (SSSR count). The summed E-state index contributed by atoms with van der Waals surface area (Å²) in [5.74, 6) is -2.16. The van der Waals surface area contributed by atoms with Crippen LogP contribution in [0.2, 0.25) is 0 Å². The third-order valence-electron chi connectivity index (χ3n) is 4.55. The molecule has 0 saturated carbocycles. The van der Waals surface area contributed by atoms with Crippen molar-refractivity contribution in [2.24, 2.45) is 23.3 Å². The Morgan fingerprint density at radius 1 is 1.11 bits per heavy atom. The van der Waals surface area contributed by atoms with Crippen LogP contribution in [0.1, 0.15) is 49.5 Å². The van der Waals surface area contributed by atoms with E-state index in [1.807, 2.05) is 0 Å². The van der Waals surface area contributed by atoms with E-state index in [9.17, 15) is 19.5 Å². The maximum absolute atomic E-state index is 12.7. The third-order valence-corrected chi connectivity index (χ3v) is 4.55. The van der Waals surface area contributed by atoms with Crippen LogP contribution < -0.4 is 16.8 Å². The van der Waals surface area contributed by atoms with Crippen molar-refractivity contribution in [3.05, 3.63) is 35.4 Å². The summed E-state index contributed by atoms with van der Waals surface area (Å²) in [5, 5.41) is 12.7. The van der Waals surface area contributed by atoms with Gasteiger partial charge in [-0.05, 0) is 25.5 Å². The van der Waals surface area contributed by atoms with Crippen LogP contribution in [-0.4, -0.2) is 41.3 Å². The summed E-state index contributed by atoms with van der Waals surface area (Å²) >= 11 is 0. The summed E-state index contributed by atoms with van der Waals surface area (Å²) in [5.41, 5.74) is 12.3. The quantitative estimate of drug-likeness (QED) is 0.421. The van der Waals surface area contributed by atoms with Crippen molar-refractivity contribution < 1.29 is 19.5 Å². The van der Waals surface area contributed by atoms with Crippen molar-refractivity contribution in [1.29, 1.82) is 0 Å². The van der Waals surface area contributed by atoms with E-state index in [0.717, 1.165) is 0 Å². The zero-order chi connectivity index (χ0) is 20.6. The van der Waals surface area contributed by atoms with Crippen LogP contribution in [0, 0.1) is 11.8 Å². The molecule has 1 aromatic rings. The lowest BCUT2D eigenvalue weighted by Crippen LogP contribution is -2.48. The first kappa shape index (κ1) is 23.0. The Kier molecular flexibility index (Phi) is 9.28. The number of hydrogen-bond acceptors (Lipinski definition) is 6. The molecule has 0 aliphatic heterocycles. The highest BCUT2D eigenvalue weighted by Crippen LogP contribution is 2.18. The molecule has 1 amide bonds. The Balaban J connectivity index is 2.95. The number of carbonyl (C=O) groups is 3. The molecular weight excluding hydrogens is 346 g/mol. The normalized spacial score (nSPS) is 14.5. The van der Waals surface area contributed by atoms with Gasteiger partial charge in [0.05, 0.1) is 18.1 Å². The molecule has 0 aliphatic rings. The average Bonchev–Trinajstić information content (AvgIpc) is 2.64. The van der Waals surface area contributed by atoms with E-state index in [1.54, 1.807) is 38.1 Å². The number of aliphatic hydroxyl groups excluding tert-OH is 1. The third kappa shape index (κ3) is 6.53. The molecule has 0 radical (unpaired) electrons. The topological polar surface area (TPSA) is 136 Å². The van der Waals surface area contributed by atoms with Crippen molar-refractivity contribution in [2.75, 3.05) is 6.54 Å². The fourth-order valence-electron chi connectivity index (χ4n) is 2.90. The monoisotopic (exact) mass is 377 g/mol. The van der Waals surface area contributed by atoms with Crippen LogP contribution in [0.5, 0.6) is 0 Å². The smallest absolute Gasteiger partial charge is 0.226 e. The molecule has 0 bridgehead atoms. The highest BCUT2D eigenvalue weighted by molar-refractivity contribution is 6.00. The Hall–Kier alpha value is -2.09. The maximum Gasteiger partial charge on any atom is 0.226 e. The Morgan fingerprint density at radius 2 is 1.74 bits per heavy atom. The van der Waals surface area contributed by atoms with Crippen LogP contribution in [-0.2, 0) is 16.1 Å². The summed E-state index contributed by atoms with van der Waals surface area (Å²) in [6, 6.07) is 6.19. The number of carbonyl (C=O) groups excluding carboxylic acids is 3. The molecule has 0 saturated heterocycles. The van der Waals surface area contributed by atoms with E-state index in [1.165, 1.54) is 6.92 Å². The van der Waals surface area contributed by atoms with E-state index in [2.05, 4.69) is 5.32 Å². The first-order valence-electron chi connectivity index (χ1n) is 9.26. The highest BCUT2D eigenvalue weighted by atomic mass is 16.3. The van der Waals surface area contributed by atoms with Gasteiger partial charge in [0, 0.05) is 24.4 Å². The average molecular weight is 377 g/mol. The number of nitrogens with one attached hydrogen (secondary N) is 1. The predicted molar refractivity (Wildman–Crippen MR) is 104 cm³/mol. The van der Waals surface area contributed by atoms with Gasteiger partial charge in [-0.1, -0.05) is 38.1 Å². The lowest BCUT2D eigenvalue weighted by atomic mass is 9.90. The predicted octanol–water partition coefficient (Wildman–Crippen LogP) is 0.774. The number of ketones is 2. The molecule has 0 fully saturated rings. The Bertz CT molecular complexity index is 658. The minimum atomic E-state index is -1.05. The fourth-order valence-corrected chi connectivity index (χ4v) is 2.90. The summed E-state index contributed by atoms with van der Waals surface area (Å²) in [6.07, 6.45) is -0.919. The van der Waals surface area contributed by atoms with Crippen LogP contribution in [0.25, 0.3) is 0 Å². The lowest BCUT2D eigenvalue weighted by Gasteiger charge is -2.24. The van der Waals surface area contributed by atoms with E-state index < -0.39 is 24.0 Å². The second-order valence-electron chi connectivity index (χ2n) is 7.03. The molecule has 3 atom stereocenters. The Labute approximate surface area is 160 Å². The molecule has 0 heterocycles. The van der Waals surface area contributed by atoms with Gasteiger partial charge in [0.15, 0.2) is 11.6 Å². The molecule has 7 heteroatoms. The van der Waals surface area contributed by atoms with Crippen molar-refractivity contribution in [1.82, 2.24) is 5.32 Å². The van der Waals surface area contributed by atoms with Gasteiger partial charge in [-0.25, -0.2) is 0 Å². The van der Waals surface area contributed by atoms with Crippen LogP contribution in [0.4, 0.5) is 0 Å². The minimum absolute atomic E-state index is 0.127. The molecule has 0 aromatic heterocycles. The SMILES string of the molecule is CC(C)C(=O)[C@H](CCN)NC(=O)[C@@H](CC(=O)c1ccccc1CN)C(C)O. The number of benzene rings is 1. The molecule has 1 aromatic carbocycles. The van der Waals surface area contributed by atoms with E-state index in [4.69, 9.17) is 11.5 Å². The van der Waals surface area contributed by atoms with Gasteiger partial charge in [-0.2, -0.15) is 0 Å². The van der Waals surface area contributed by atoms with Crippen molar-refractivity contribution in [3.63, 3.8) is 0 Å². The molecule has 0 spiro atoms. The van der Waals surface area contributed by atoms with Gasteiger partial charge in [0.1, 0.15) is 0 Å². The minimum Gasteiger partial charge on any atom is -0.393 e. The fraction of sp³-hybridized carbons (Fsp3) is 0.550. The zero-order valence-corrected chi connectivity index (χ0v) is 16.3. The molecule has 7 nitrogen and oxygen atoms in total. The van der Waals surface area contributed by atoms with Gasteiger partial charge < -0.3 is 21.9 Å². The second-order valence-corrected chi connectivity index (χ2v) is 7.03. The van der Waals surface area contributed by atoms with Crippen LogP contribution in [0.3, 0.4) is 0 Å². The van der Waals surface area contributed by atoms with E-state index in [0.29, 0.717) is 17.5 Å². The first-order chi connectivity index (χ1) is 12.7. The van der Waals surface area contributed by atoms with Gasteiger partial charge in [-0.3, -0.25) is 14.4 Å². The molecule has 150 valence electrons. The molecule has 1 unspecified atom stereocenters. The summed E-state index contributed by atoms with van der Waals surface area (Å²) < 4.78 is 0. The number of amides is 1. The van der Waals surface area contributed by atoms with Gasteiger partial charge in [-0.15, -0.1) is 0 Å². The van der Waals surface area contributed by atoms with Gasteiger partial charge >= 0.3 is 0 Å². The number of Topliss-reactive ketones (excluding diaryl/α,β-unsaturated/α-hetero) is 2. The highest BCUT2D eigenvalue weighted by Gasteiger charge is 2.31. The number of aliphatic hydroxyl groups is 1. The first-order valence-corrected chi connectivity index (χ1v) is 9.26. The lowest BCUT2D eigenvalue weighted by molar-refractivity contribution is -0.133. The number of hydrogen-bond donors (Lipinski definition) is 4. The van der Waals surface area contributed by atoms with Gasteiger partial charge in [0.25, 0.3) is 0 Å². The zero-order valence-electron chi connectivity index (χ0n) is 16.3.